The quantitative estimate of drug-likeness (QED) is 0.683. The second-order valence-electron chi connectivity index (χ2n) is 4.50. The molecular formula is C10H20N2O5S. The first kappa shape index (κ1) is 15.4. The molecule has 1 aliphatic heterocycles. The monoisotopic (exact) mass is 280 g/mol. The molecule has 1 fully saturated rings. The predicted octanol–water partition coefficient (Wildman–Crippen LogP) is -1.20. The van der Waals surface area contributed by atoms with Gasteiger partial charge in [-0.1, -0.05) is 0 Å². The van der Waals surface area contributed by atoms with Gasteiger partial charge in [-0.2, -0.15) is 0 Å². The highest BCUT2D eigenvalue weighted by Crippen LogP contribution is 2.12. The molecule has 0 spiro atoms. The fourth-order valence-electron chi connectivity index (χ4n) is 1.59. The lowest BCUT2D eigenvalue weighted by Gasteiger charge is -2.31. The summed E-state index contributed by atoms with van der Waals surface area (Å²) in [5, 5.41) is 0. The van der Waals surface area contributed by atoms with Gasteiger partial charge in [-0.25, -0.2) is 13.1 Å². The molecule has 0 bridgehead atoms. The fraction of sp³-hybridized carbons (Fsp3) is 0.900. The Morgan fingerprint density at radius 2 is 2.17 bits per heavy atom. The van der Waals surface area contributed by atoms with Crippen molar-refractivity contribution in [2.45, 2.75) is 18.6 Å². The van der Waals surface area contributed by atoms with E-state index < -0.39 is 16.1 Å². The highest BCUT2D eigenvalue weighted by molar-refractivity contribution is 7.88. The Hall–Kier alpha value is -0.700. The molecule has 0 aromatic heterocycles. The molecule has 1 N–H and O–H groups in total. The largest absolute Gasteiger partial charge is 0.379 e. The molecule has 1 heterocycles. The topological polar surface area (TPSA) is 84.9 Å². The SMILES string of the molecule is CN(C)C(=O)CO[C@@H]1COCC[C@H]1NS(C)(=O)=O. The maximum Gasteiger partial charge on any atom is 0.248 e. The van der Waals surface area contributed by atoms with Crippen molar-refractivity contribution in [1.82, 2.24) is 9.62 Å². The second kappa shape index (κ2) is 6.46. The third-order valence-corrected chi connectivity index (χ3v) is 3.32. The van der Waals surface area contributed by atoms with E-state index in [0.717, 1.165) is 6.26 Å². The molecule has 1 amide bonds. The number of ether oxygens (including phenoxy) is 2. The van der Waals surface area contributed by atoms with Crippen LogP contribution < -0.4 is 4.72 Å². The summed E-state index contributed by atoms with van der Waals surface area (Å²) in [4.78, 5) is 12.8. The minimum atomic E-state index is -3.29. The van der Waals surface area contributed by atoms with E-state index in [1.165, 1.54) is 4.90 Å². The summed E-state index contributed by atoms with van der Waals surface area (Å²) in [7, 11) is -0.0240. The van der Waals surface area contributed by atoms with Gasteiger partial charge in [0.1, 0.15) is 6.61 Å². The van der Waals surface area contributed by atoms with Crippen LogP contribution >= 0.6 is 0 Å². The van der Waals surface area contributed by atoms with E-state index in [2.05, 4.69) is 4.72 Å². The molecule has 0 unspecified atom stereocenters. The Labute approximate surface area is 107 Å². The number of sulfonamides is 1. The fourth-order valence-corrected chi connectivity index (χ4v) is 2.41. The molecule has 8 heteroatoms. The van der Waals surface area contributed by atoms with Crippen molar-refractivity contribution in [2.24, 2.45) is 0 Å². The van der Waals surface area contributed by atoms with Crippen molar-refractivity contribution in [3.63, 3.8) is 0 Å². The highest BCUT2D eigenvalue weighted by atomic mass is 32.2. The maximum atomic E-state index is 11.4. The lowest BCUT2D eigenvalue weighted by Crippen LogP contribution is -2.50. The molecule has 0 radical (unpaired) electrons. The van der Waals surface area contributed by atoms with E-state index in [0.29, 0.717) is 13.0 Å². The van der Waals surface area contributed by atoms with Crippen molar-refractivity contribution in [3.05, 3.63) is 0 Å². The van der Waals surface area contributed by atoms with E-state index in [9.17, 15) is 13.2 Å². The third kappa shape index (κ3) is 5.30. The van der Waals surface area contributed by atoms with Crippen LogP contribution in [0.3, 0.4) is 0 Å². The standard InChI is InChI=1S/C10H20N2O5S/c1-12(2)10(13)7-17-9-6-16-5-4-8(9)11-18(3,14)15/h8-9,11H,4-7H2,1-3H3/t8-,9-/m1/s1. The number of likely N-dealkylation sites (N-methyl/N-ethyl adjacent to an activating group) is 1. The summed E-state index contributed by atoms with van der Waals surface area (Å²) in [6.07, 6.45) is 1.20. The van der Waals surface area contributed by atoms with Gasteiger partial charge in [-0.05, 0) is 6.42 Å². The van der Waals surface area contributed by atoms with Crippen LogP contribution in [-0.2, 0) is 24.3 Å². The third-order valence-electron chi connectivity index (χ3n) is 2.59. The first-order valence-corrected chi connectivity index (χ1v) is 7.55. The number of carbonyl (C=O) groups is 1. The summed E-state index contributed by atoms with van der Waals surface area (Å²) in [5.74, 6) is -0.168. The lowest BCUT2D eigenvalue weighted by molar-refractivity contribution is -0.139. The van der Waals surface area contributed by atoms with Crippen molar-refractivity contribution < 1.29 is 22.7 Å². The van der Waals surface area contributed by atoms with Crippen LogP contribution in [0.1, 0.15) is 6.42 Å². The van der Waals surface area contributed by atoms with Gasteiger partial charge in [0.25, 0.3) is 0 Å². The molecule has 1 saturated heterocycles. The Kier molecular flexibility index (Phi) is 5.51. The second-order valence-corrected chi connectivity index (χ2v) is 6.28. The molecule has 0 aromatic rings. The minimum absolute atomic E-state index is 0.0804. The molecule has 0 aromatic carbocycles. The van der Waals surface area contributed by atoms with Crippen LogP contribution in [-0.4, -0.2) is 71.5 Å². The van der Waals surface area contributed by atoms with Crippen molar-refractivity contribution >= 4 is 15.9 Å². The Bertz CT molecular complexity index is 382. The van der Waals surface area contributed by atoms with Crippen molar-refractivity contribution in [3.8, 4) is 0 Å². The number of nitrogens with zero attached hydrogens (tertiary/aromatic N) is 1. The zero-order chi connectivity index (χ0) is 13.8. The van der Waals surface area contributed by atoms with E-state index in [1.807, 2.05) is 0 Å². The van der Waals surface area contributed by atoms with Gasteiger partial charge in [-0.3, -0.25) is 4.79 Å². The summed E-state index contributed by atoms with van der Waals surface area (Å²) in [6, 6.07) is -0.344. The molecule has 0 aliphatic carbocycles. The summed E-state index contributed by atoms with van der Waals surface area (Å²) in [6.45, 7) is 0.686. The van der Waals surface area contributed by atoms with Crippen LogP contribution in [0, 0.1) is 0 Å². The first-order chi connectivity index (χ1) is 8.29. The van der Waals surface area contributed by atoms with E-state index in [4.69, 9.17) is 9.47 Å². The smallest absolute Gasteiger partial charge is 0.248 e. The van der Waals surface area contributed by atoms with Gasteiger partial charge in [-0.15, -0.1) is 0 Å². The number of rotatable bonds is 5. The molecule has 7 nitrogen and oxygen atoms in total. The number of carbonyl (C=O) groups excluding carboxylic acids is 1. The first-order valence-electron chi connectivity index (χ1n) is 5.66. The normalized spacial score (nSPS) is 24.8. The van der Waals surface area contributed by atoms with Gasteiger partial charge in [0, 0.05) is 20.7 Å². The molecule has 0 saturated carbocycles. The Balaban J connectivity index is 2.52. The number of amides is 1. The average Bonchev–Trinajstić information content (AvgIpc) is 2.25. The van der Waals surface area contributed by atoms with Gasteiger partial charge < -0.3 is 14.4 Å². The molecule has 2 atom stereocenters. The van der Waals surface area contributed by atoms with Gasteiger partial charge >= 0.3 is 0 Å². The van der Waals surface area contributed by atoms with Gasteiger partial charge in [0.05, 0.1) is 25.0 Å². The van der Waals surface area contributed by atoms with Crippen molar-refractivity contribution in [2.75, 3.05) is 40.2 Å². The molecule has 18 heavy (non-hydrogen) atoms. The number of nitrogens with one attached hydrogen (secondary N) is 1. The Morgan fingerprint density at radius 1 is 1.50 bits per heavy atom. The maximum absolute atomic E-state index is 11.4. The zero-order valence-corrected chi connectivity index (χ0v) is 11.7. The molecule has 1 rings (SSSR count). The molecule has 1 aliphatic rings. The minimum Gasteiger partial charge on any atom is -0.379 e. The number of hydrogen-bond donors (Lipinski definition) is 1. The van der Waals surface area contributed by atoms with Crippen LogP contribution in [0.25, 0.3) is 0 Å². The van der Waals surface area contributed by atoms with Crippen LogP contribution in [0.15, 0.2) is 0 Å². The summed E-state index contributed by atoms with van der Waals surface area (Å²) < 4.78 is 35.6. The van der Waals surface area contributed by atoms with E-state index in [1.54, 1.807) is 14.1 Å². The van der Waals surface area contributed by atoms with E-state index in [-0.39, 0.29) is 25.2 Å². The highest BCUT2D eigenvalue weighted by Gasteiger charge is 2.29. The zero-order valence-electron chi connectivity index (χ0n) is 10.9. The van der Waals surface area contributed by atoms with E-state index >= 15 is 0 Å². The predicted molar refractivity (Wildman–Crippen MR) is 65.6 cm³/mol. The lowest BCUT2D eigenvalue weighted by atomic mass is 10.1. The Morgan fingerprint density at radius 3 is 2.72 bits per heavy atom. The molecular weight excluding hydrogens is 260 g/mol. The van der Waals surface area contributed by atoms with Gasteiger partial charge in [0.15, 0.2) is 0 Å². The summed E-state index contributed by atoms with van der Waals surface area (Å²) in [5.41, 5.74) is 0. The van der Waals surface area contributed by atoms with Crippen LogP contribution in [0.4, 0.5) is 0 Å². The van der Waals surface area contributed by atoms with Crippen LogP contribution in [0.2, 0.25) is 0 Å². The van der Waals surface area contributed by atoms with Gasteiger partial charge in [0.2, 0.25) is 15.9 Å². The molecule has 106 valence electrons. The summed E-state index contributed by atoms with van der Waals surface area (Å²) >= 11 is 0. The van der Waals surface area contributed by atoms with Crippen molar-refractivity contribution in [1.29, 1.82) is 0 Å². The average molecular weight is 280 g/mol. The van der Waals surface area contributed by atoms with Crippen LogP contribution in [0.5, 0.6) is 0 Å². The number of hydrogen-bond acceptors (Lipinski definition) is 5.